The lowest BCUT2D eigenvalue weighted by atomic mass is 9.93. The van der Waals surface area contributed by atoms with Gasteiger partial charge in [-0.2, -0.15) is 0 Å². The van der Waals surface area contributed by atoms with Gasteiger partial charge in [0.2, 0.25) is 5.95 Å². The maximum Gasteiger partial charge on any atom is 0.413 e. The normalized spacial score (nSPS) is 17.5. The summed E-state index contributed by atoms with van der Waals surface area (Å²) in [6.45, 7) is 0. The minimum Gasteiger partial charge on any atom is -0.465 e. The number of nitrogens with one attached hydrogen (secondary N) is 1. The van der Waals surface area contributed by atoms with Crippen LogP contribution < -0.4 is 9.80 Å². The van der Waals surface area contributed by atoms with Gasteiger partial charge in [0.15, 0.2) is 17.4 Å². The first-order chi connectivity index (χ1) is 15.7. The molecule has 166 valence electrons. The summed E-state index contributed by atoms with van der Waals surface area (Å²) >= 11 is 0. The first-order valence-electron chi connectivity index (χ1n) is 9.80. The van der Waals surface area contributed by atoms with E-state index in [1.807, 2.05) is 0 Å². The van der Waals surface area contributed by atoms with E-state index in [1.165, 1.54) is 25.2 Å². The number of H-pyrrole nitrogens is 1. The van der Waals surface area contributed by atoms with Gasteiger partial charge < -0.3 is 15.2 Å². The molecule has 1 atom stereocenters. The summed E-state index contributed by atoms with van der Waals surface area (Å²) in [4.78, 5) is 33.6. The second kappa shape index (κ2) is 7.10. The maximum atomic E-state index is 14.0. The van der Waals surface area contributed by atoms with Gasteiger partial charge >= 0.3 is 6.09 Å². The number of carbonyl (C=O) groups is 2. The van der Waals surface area contributed by atoms with Gasteiger partial charge in [-0.15, -0.1) is 0 Å². The molecule has 0 saturated heterocycles. The topological polar surface area (TPSA) is 110 Å². The molecule has 5 rings (SSSR count). The van der Waals surface area contributed by atoms with E-state index in [0.29, 0.717) is 11.0 Å². The number of hydrogen-bond acceptors (Lipinski definition) is 4. The summed E-state index contributed by atoms with van der Waals surface area (Å²) in [5.41, 5.74) is -0.548. The molecule has 8 nitrogen and oxygen atoms in total. The molecule has 0 fully saturated rings. The van der Waals surface area contributed by atoms with Gasteiger partial charge in [-0.05, 0) is 30.3 Å². The summed E-state index contributed by atoms with van der Waals surface area (Å²) in [7, 11) is 1.32. The number of aliphatic hydroxyl groups is 1. The minimum absolute atomic E-state index is 0.0361. The molecule has 10 heteroatoms. The molecule has 2 heterocycles. The number of fused-ring (bicyclic) bond motifs is 2. The highest BCUT2D eigenvalue weighted by molar-refractivity contribution is 6.12. The quantitative estimate of drug-likeness (QED) is 0.440. The highest BCUT2D eigenvalue weighted by Gasteiger charge is 2.51. The molecule has 3 N–H and O–H groups in total. The van der Waals surface area contributed by atoms with Gasteiger partial charge in [-0.25, -0.2) is 18.6 Å². The smallest absolute Gasteiger partial charge is 0.413 e. The Morgan fingerprint density at radius 1 is 1.09 bits per heavy atom. The summed E-state index contributed by atoms with van der Waals surface area (Å²) in [5, 5.41) is 21.2. The van der Waals surface area contributed by atoms with Crippen molar-refractivity contribution < 1.29 is 28.6 Å². The highest BCUT2D eigenvalue weighted by atomic mass is 19.2. The number of aromatic amines is 1. The summed E-state index contributed by atoms with van der Waals surface area (Å²) in [6, 6.07) is 14.0. The third kappa shape index (κ3) is 2.95. The number of rotatable bonds is 3. The lowest BCUT2D eigenvalue weighted by molar-refractivity contribution is 0.0703. The van der Waals surface area contributed by atoms with Gasteiger partial charge in [0.05, 0.1) is 16.7 Å². The predicted molar refractivity (Wildman–Crippen MR) is 115 cm³/mol. The van der Waals surface area contributed by atoms with Crippen LogP contribution in [0.1, 0.15) is 21.5 Å². The van der Waals surface area contributed by atoms with Crippen LogP contribution >= 0.6 is 0 Å². The van der Waals surface area contributed by atoms with E-state index in [2.05, 4.69) is 9.97 Å². The third-order valence-corrected chi connectivity index (χ3v) is 5.70. The van der Waals surface area contributed by atoms with E-state index in [9.17, 15) is 28.6 Å². The Hall–Kier alpha value is -4.31. The standard InChI is InChI=1S/C23H16F2N4O4/c1-28(22(31)32)21-26-18-9-6-12(10-19(18)27-21)23(33)15-5-3-2-4-14(15)20(30)29(23)13-7-8-16(24)17(25)11-13/h2-11,33H,1H3,(H,26,27)(H,31,32). The first kappa shape index (κ1) is 20.6. The highest BCUT2D eigenvalue weighted by Crippen LogP contribution is 2.45. The number of hydrogen-bond donors (Lipinski definition) is 3. The molecule has 0 saturated carbocycles. The average molecular weight is 450 g/mol. The Bertz CT molecular complexity index is 1450. The van der Waals surface area contributed by atoms with Crippen LogP contribution in [-0.2, 0) is 5.72 Å². The van der Waals surface area contributed by atoms with E-state index in [1.54, 1.807) is 30.3 Å². The van der Waals surface area contributed by atoms with Crippen LogP contribution in [0, 0.1) is 11.6 Å². The van der Waals surface area contributed by atoms with Crippen molar-refractivity contribution in [3.63, 3.8) is 0 Å². The molecule has 33 heavy (non-hydrogen) atoms. The van der Waals surface area contributed by atoms with E-state index >= 15 is 0 Å². The lowest BCUT2D eigenvalue weighted by Gasteiger charge is -2.34. The number of nitrogens with zero attached hydrogens (tertiary/aromatic N) is 3. The van der Waals surface area contributed by atoms with E-state index < -0.39 is 29.4 Å². The Morgan fingerprint density at radius 3 is 2.58 bits per heavy atom. The molecular formula is C23H16F2N4O4. The molecule has 1 aliphatic heterocycles. The van der Waals surface area contributed by atoms with E-state index in [-0.39, 0.29) is 28.3 Å². The van der Waals surface area contributed by atoms with Crippen molar-refractivity contribution in [2.75, 3.05) is 16.8 Å². The molecule has 0 radical (unpaired) electrons. The van der Waals surface area contributed by atoms with Crippen LogP contribution in [-0.4, -0.2) is 39.2 Å². The fourth-order valence-corrected chi connectivity index (χ4v) is 4.03. The Morgan fingerprint density at radius 2 is 1.85 bits per heavy atom. The van der Waals surface area contributed by atoms with Crippen molar-refractivity contribution in [2.24, 2.45) is 0 Å². The van der Waals surface area contributed by atoms with Crippen molar-refractivity contribution in [3.05, 3.63) is 89.0 Å². The van der Waals surface area contributed by atoms with Crippen molar-refractivity contribution in [1.82, 2.24) is 9.97 Å². The largest absolute Gasteiger partial charge is 0.465 e. The zero-order chi connectivity index (χ0) is 23.5. The zero-order valence-electron chi connectivity index (χ0n) is 17.1. The number of carboxylic acid groups (broad SMARTS) is 1. The molecule has 3 aromatic carbocycles. The Labute approximate surface area is 185 Å². The minimum atomic E-state index is -2.05. The lowest BCUT2D eigenvalue weighted by Crippen LogP contribution is -2.45. The van der Waals surface area contributed by atoms with Crippen LogP contribution in [0.3, 0.4) is 0 Å². The van der Waals surface area contributed by atoms with Crippen LogP contribution in [0.25, 0.3) is 11.0 Å². The second-order valence-electron chi connectivity index (χ2n) is 7.59. The molecule has 2 amide bonds. The molecule has 0 bridgehead atoms. The molecule has 0 spiro atoms. The third-order valence-electron chi connectivity index (χ3n) is 5.70. The number of halogens is 2. The van der Waals surface area contributed by atoms with Crippen molar-refractivity contribution in [2.45, 2.75) is 5.72 Å². The Balaban J connectivity index is 1.72. The van der Waals surface area contributed by atoms with Gasteiger partial charge in [-0.1, -0.05) is 24.3 Å². The van der Waals surface area contributed by atoms with Crippen LogP contribution in [0.4, 0.5) is 25.2 Å². The maximum absolute atomic E-state index is 14.0. The molecule has 0 aliphatic carbocycles. The summed E-state index contributed by atoms with van der Waals surface area (Å²) < 4.78 is 27.6. The number of carbonyl (C=O) groups excluding carboxylic acids is 1. The second-order valence-corrected chi connectivity index (χ2v) is 7.59. The van der Waals surface area contributed by atoms with E-state index in [4.69, 9.17) is 0 Å². The van der Waals surface area contributed by atoms with E-state index in [0.717, 1.165) is 21.9 Å². The van der Waals surface area contributed by atoms with Crippen molar-refractivity contribution in [3.8, 4) is 0 Å². The SMILES string of the molecule is CN(C(=O)O)c1nc2cc(C3(O)c4ccccc4C(=O)N3c3ccc(F)c(F)c3)ccc2[nH]1. The van der Waals surface area contributed by atoms with Crippen LogP contribution in [0.15, 0.2) is 60.7 Å². The number of benzene rings is 3. The van der Waals surface area contributed by atoms with Crippen molar-refractivity contribution >= 4 is 34.7 Å². The zero-order valence-corrected chi connectivity index (χ0v) is 17.1. The first-order valence-corrected chi connectivity index (χ1v) is 9.80. The monoisotopic (exact) mass is 450 g/mol. The van der Waals surface area contributed by atoms with Gasteiger partial charge in [0.25, 0.3) is 5.91 Å². The number of imidazole rings is 1. The van der Waals surface area contributed by atoms with Gasteiger partial charge in [0, 0.05) is 29.8 Å². The number of amides is 2. The van der Waals surface area contributed by atoms with Crippen molar-refractivity contribution in [1.29, 1.82) is 0 Å². The molecular weight excluding hydrogens is 434 g/mol. The fourth-order valence-electron chi connectivity index (χ4n) is 4.03. The molecule has 4 aromatic rings. The van der Waals surface area contributed by atoms with Crippen LogP contribution in [0.5, 0.6) is 0 Å². The number of aromatic nitrogens is 2. The van der Waals surface area contributed by atoms with Crippen LogP contribution in [0.2, 0.25) is 0 Å². The van der Waals surface area contributed by atoms with Gasteiger partial charge in [-0.3, -0.25) is 14.6 Å². The molecule has 1 unspecified atom stereocenters. The molecule has 1 aliphatic rings. The predicted octanol–water partition coefficient (Wildman–Crippen LogP) is 3.81. The average Bonchev–Trinajstić information content (AvgIpc) is 3.33. The summed E-state index contributed by atoms with van der Waals surface area (Å²) in [5.74, 6) is -2.77. The fraction of sp³-hybridized carbons (Fsp3) is 0.0870. The van der Waals surface area contributed by atoms with Gasteiger partial charge in [0.1, 0.15) is 0 Å². The summed E-state index contributed by atoms with van der Waals surface area (Å²) in [6.07, 6.45) is -1.22. The Kier molecular flexibility index (Phi) is 4.43. The molecule has 1 aromatic heterocycles. The number of anilines is 2.